The number of ether oxygens (including phenoxy) is 2. The van der Waals surface area contributed by atoms with Gasteiger partial charge in [0.05, 0.1) is 6.61 Å². The Morgan fingerprint density at radius 3 is 2.50 bits per heavy atom. The summed E-state index contributed by atoms with van der Waals surface area (Å²) in [6, 6.07) is 0. The van der Waals surface area contributed by atoms with E-state index in [4.69, 9.17) is 9.84 Å². The first kappa shape index (κ1) is 12.8. The highest BCUT2D eigenvalue weighted by Gasteiger charge is 2.42. The molecule has 1 rings (SSSR count). The molecule has 6 heteroatoms. The topological polar surface area (TPSA) is 96.2 Å². The number of hydrogen-bond acceptors (Lipinski definition) is 6. The van der Waals surface area contributed by atoms with Crippen LogP contribution in [0.25, 0.3) is 0 Å². The molecular weight excluding hydrogens is 216 g/mol. The van der Waals surface area contributed by atoms with E-state index in [0.29, 0.717) is 0 Å². The van der Waals surface area contributed by atoms with E-state index in [-0.39, 0.29) is 5.76 Å². The molecule has 0 spiro atoms. The summed E-state index contributed by atoms with van der Waals surface area (Å²) in [6.07, 6.45) is -2.47. The zero-order chi connectivity index (χ0) is 12.5. The van der Waals surface area contributed by atoms with Gasteiger partial charge in [0.2, 0.25) is 5.76 Å². The highest BCUT2D eigenvalue weighted by molar-refractivity contribution is 5.89. The van der Waals surface area contributed by atoms with Gasteiger partial charge in [0.1, 0.15) is 11.7 Å². The lowest BCUT2D eigenvalue weighted by molar-refractivity contribution is -0.148. The van der Waals surface area contributed by atoms with Crippen LogP contribution in [0.2, 0.25) is 0 Å². The van der Waals surface area contributed by atoms with Crippen LogP contribution in [0, 0.1) is 0 Å². The Hall–Kier alpha value is -1.27. The van der Waals surface area contributed by atoms with E-state index in [1.165, 1.54) is 0 Å². The summed E-state index contributed by atoms with van der Waals surface area (Å²) in [5.74, 6) is -1.76. The van der Waals surface area contributed by atoms with E-state index in [1.54, 1.807) is 20.8 Å². The monoisotopic (exact) mass is 232 g/mol. The van der Waals surface area contributed by atoms with Crippen LogP contribution in [0.15, 0.2) is 11.5 Å². The molecule has 16 heavy (non-hydrogen) atoms. The molecule has 0 radical (unpaired) electrons. The fraction of sp³-hybridized carbons (Fsp3) is 0.700. The van der Waals surface area contributed by atoms with E-state index < -0.39 is 36.1 Å². The summed E-state index contributed by atoms with van der Waals surface area (Å²) in [4.78, 5) is 11.1. The van der Waals surface area contributed by atoms with Crippen molar-refractivity contribution in [2.24, 2.45) is 0 Å². The predicted octanol–water partition coefficient (Wildman–Crippen LogP) is -0.150. The van der Waals surface area contributed by atoms with Crippen molar-refractivity contribution in [3.63, 3.8) is 0 Å². The second-order valence-electron chi connectivity index (χ2n) is 4.50. The third-order valence-corrected chi connectivity index (χ3v) is 1.87. The van der Waals surface area contributed by atoms with Gasteiger partial charge in [-0.05, 0) is 20.8 Å². The summed E-state index contributed by atoms with van der Waals surface area (Å²) in [6.45, 7) is 4.57. The van der Waals surface area contributed by atoms with Crippen molar-refractivity contribution < 1.29 is 29.6 Å². The molecule has 0 saturated heterocycles. The van der Waals surface area contributed by atoms with E-state index in [1.807, 2.05) is 0 Å². The molecule has 1 aliphatic rings. The quantitative estimate of drug-likeness (QED) is 0.585. The van der Waals surface area contributed by atoms with Gasteiger partial charge in [-0.3, -0.25) is 0 Å². The summed E-state index contributed by atoms with van der Waals surface area (Å²) < 4.78 is 10.0. The lowest BCUT2D eigenvalue weighted by Crippen LogP contribution is -2.34. The average Bonchev–Trinajstić information content (AvgIpc) is 2.43. The SMILES string of the molecule is CC(C)(C)OC1=C(O)C(=O)O[C@@H]1[C@@H](O)CO. The van der Waals surface area contributed by atoms with Crippen molar-refractivity contribution in [3.05, 3.63) is 11.5 Å². The number of cyclic esters (lactones) is 1. The van der Waals surface area contributed by atoms with Gasteiger partial charge in [-0.15, -0.1) is 0 Å². The molecule has 0 amide bonds. The van der Waals surface area contributed by atoms with Gasteiger partial charge in [-0.1, -0.05) is 0 Å². The van der Waals surface area contributed by atoms with E-state index in [9.17, 15) is 15.0 Å². The van der Waals surface area contributed by atoms with Gasteiger partial charge in [0.15, 0.2) is 11.9 Å². The van der Waals surface area contributed by atoms with Crippen molar-refractivity contribution in [2.45, 2.75) is 38.6 Å². The Balaban J connectivity index is 2.94. The first-order valence-electron chi connectivity index (χ1n) is 4.88. The molecule has 1 heterocycles. The molecule has 2 atom stereocenters. The average molecular weight is 232 g/mol. The summed E-state index contributed by atoms with van der Waals surface area (Å²) in [7, 11) is 0. The second-order valence-corrected chi connectivity index (χ2v) is 4.50. The minimum atomic E-state index is -1.31. The minimum Gasteiger partial charge on any atom is -0.499 e. The summed E-state index contributed by atoms with van der Waals surface area (Å²) >= 11 is 0. The lowest BCUT2D eigenvalue weighted by atomic mass is 10.1. The molecule has 0 unspecified atom stereocenters. The first-order valence-corrected chi connectivity index (χ1v) is 4.88. The van der Waals surface area contributed by atoms with Gasteiger partial charge >= 0.3 is 5.97 Å². The number of carbonyl (C=O) groups is 1. The Morgan fingerprint density at radius 2 is 2.06 bits per heavy atom. The maximum Gasteiger partial charge on any atom is 0.378 e. The zero-order valence-electron chi connectivity index (χ0n) is 9.43. The number of carbonyl (C=O) groups excluding carboxylic acids is 1. The number of rotatable bonds is 3. The lowest BCUT2D eigenvalue weighted by Gasteiger charge is -2.25. The number of aliphatic hydroxyl groups excluding tert-OH is 3. The van der Waals surface area contributed by atoms with Gasteiger partial charge < -0.3 is 24.8 Å². The molecule has 0 saturated carbocycles. The summed E-state index contributed by atoms with van der Waals surface area (Å²) in [5, 5.41) is 27.6. The molecule has 6 nitrogen and oxygen atoms in total. The Kier molecular flexibility index (Phi) is 3.44. The maximum atomic E-state index is 11.1. The first-order chi connectivity index (χ1) is 7.26. The Bertz CT molecular complexity index is 314. The van der Waals surface area contributed by atoms with Crippen molar-refractivity contribution in [1.82, 2.24) is 0 Å². The molecule has 92 valence electrons. The fourth-order valence-electron chi connectivity index (χ4n) is 1.25. The standard InChI is InChI=1S/C10H16O6/c1-10(2,3)16-8-6(13)9(14)15-7(8)5(12)4-11/h5,7,11-13H,4H2,1-3H3/t5-,7+/m0/s1. The van der Waals surface area contributed by atoms with Crippen molar-refractivity contribution in [2.75, 3.05) is 6.61 Å². The molecule has 0 aliphatic carbocycles. The normalized spacial score (nSPS) is 23.3. The van der Waals surface area contributed by atoms with Gasteiger partial charge in [0, 0.05) is 0 Å². The van der Waals surface area contributed by atoms with Crippen LogP contribution in [0.1, 0.15) is 20.8 Å². The maximum absolute atomic E-state index is 11.1. The fourth-order valence-corrected chi connectivity index (χ4v) is 1.25. The van der Waals surface area contributed by atoms with Crippen molar-refractivity contribution in [3.8, 4) is 0 Å². The van der Waals surface area contributed by atoms with Crippen LogP contribution in [0.3, 0.4) is 0 Å². The molecule has 0 fully saturated rings. The highest BCUT2D eigenvalue weighted by Crippen LogP contribution is 2.28. The molecule has 0 aromatic rings. The van der Waals surface area contributed by atoms with Gasteiger partial charge in [-0.25, -0.2) is 4.79 Å². The molecular formula is C10H16O6. The number of esters is 1. The van der Waals surface area contributed by atoms with Crippen LogP contribution < -0.4 is 0 Å². The summed E-state index contributed by atoms with van der Waals surface area (Å²) in [5.41, 5.74) is -0.648. The van der Waals surface area contributed by atoms with Gasteiger partial charge in [-0.2, -0.15) is 0 Å². The van der Waals surface area contributed by atoms with Crippen LogP contribution in [-0.2, 0) is 14.3 Å². The third-order valence-electron chi connectivity index (χ3n) is 1.87. The van der Waals surface area contributed by atoms with E-state index in [2.05, 4.69) is 4.74 Å². The van der Waals surface area contributed by atoms with Crippen molar-refractivity contribution in [1.29, 1.82) is 0 Å². The molecule has 1 aliphatic heterocycles. The van der Waals surface area contributed by atoms with Crippen LogP contribution >= 0.6 is 0 Å². The molecule has 0 aromatic heterocycles. The molecule has 0 bridgehead atoms. The van der Waals surface area contributed by atoms with Crippen molar-refractivity contribution >= 4 is 5.97 Å². The zero-order valence-corrected chi connectivity index (χ0v) is 9.43. The smallest absolute Gasteiger partial charge is 0.378 e. The Morgan fingerprint density at radius 1 is 1.50 bits per heavy atom. The van der Waals surface area contributed by atoms with Gasteiger partial charge in [0.25, 0.3) is 0 Å². The molecule has 3 N–H and O–H groups in total. The Labute approximate surface area is 93.1 Å². The largest absolute Gasteiger partial charge is 0.499 e. The highest BCUT2D eigenvalue weighted by atomic mass is 16.6. The van der Waals surface area contributed by atoms with Crippen LogP contribution in [0.4, 0.5) is 0 Å². The molecule has 0 aromatic carbocycles. The minimum absolute atomic E-state index is 0.140. The number of aliphatic hydroxyl groups is 3. The van der Waals surface area contributed by atoms with Crippen LogP contribution in [0.5, 0.6) is 0 Å². The predicted molar refractivity (Wildman–Crippen MR) is 53.5 cm³/mol. The second kappa shape index (κ2) is 4.31. The third kappa shape index (κ3) is 2.65. The van der Waals surface area contributed by atoms with Crippen LogP contribution in [-0.4, -0.2) is 45.7 Å². The van der Waals surface area contributed by atoms with E-state index in [0.717, 1.165) is 0 Å². The number of hydrogen-bond donors (Lipinski definition) is 3. The van der Waals surface area contributed by atoms with E-state index >= 15 is 0 Å².